The fourth-order valence-corrected chi connectivity index (χ4v) is 5.57. The molecular formula is C19H27O4P. The number of carboxylic acid groups (broad SMARTS) is 1. The molecule has 1 saturated carbocycles. The van der Waals surface area contributed by atoms with Crippen molar-refractivity contribution < 1.29 is 19.0 Å². The van der Waals surface area contributed by atoms with Crippen LogP contribution in [0, 0.1) is 5.92 Å². The average Bonchev–Trinajstić information content (AvgIpc) is 2.56. The van der Waals surface area contributed by atoms with E-state index in [0.29, 0.717) is 6.61 Å². The van der Waals surface area contributed by atoms with Crippen LogP contribution in [0.15, 0.2) is 42.0 Å². The number of rotatable bonds is 8. The van der Waals surface area contributed by atoms with Crippen LogP contribution in [0.2, 0.25) is 0 Å². The summed E-state index contributed by atoms with van der Waals surface area (Å²) in [6.45, 7) is 2.11. The molecule has 1 aliphatic rings. The number of allylic oxidation sites excluding steroid dienone is 1. The molecule has 1 fully saturated rings. The van der Waals surface area contributed by atoms with Gasteiger partial charge in [0.25, 0.3) is 0 Å². The predicted octanol–water partition coefficient (Wildman–Crippen LogP) is 5.09. The standard InChI is InChI=1S/C19H27O4P/c1-2-23-24(22,14-17-11-7-4-8-12-17)15-18(19(20)21)13-16-9-5-3-6-10-16/h4,7-8,11-13,16H,2-3,5-6,9-10,14-15H2,1H3,(H,20,21)/b18-13-. The van der Waals surface area contributed by atoms with Crippen molar-refractivity contribution in [2.75, 3.05) is 12.8 Å². The van der Waals surface area contributed by atoms with Gasteiger partial charge >= 0.3 is 5.97 Å². The van der Waals surface area contributed by atoms with Crippen LogP contribution in [0.3, 0.4) is 0 Å². The van der Waals surface area contributed by atoms with Crippen LogP contribution in [0.25, 0.3) is 0 Å². The first kappa shape index (κ1) is 19.0. The third-order valence-electron chi connectivity index (χ3n) is 4.40. The van der Waals surface area contributed by atoms with Gasteiger partial charge in [-0.25, -0.2) is 4.79 Å². The summed E-state index contributed by atoms with van der Waals surface area (Å²) in [5, 5.41) is 9.56. The average molecular weight is 350 g/mol. The Balaban J connectivity index is 2.17. The molecule has 1 aliphatic carbocycles. The molecule has 2 rings (SSSR count). The monoisotopic (exact) mass is 350 g/mol. The van der Waals surface area contributed by atoms with Crippen molar-refractivity contribution in [1.82, 2.24) is 0 Å². The molecule has 4 nitrogen and oxygen atoms in total. The number of carboxylic acids is 1. The lowest BCUT2D eigenvalue weighted by Crippen LogP contribution is -2.12. The van der Waals surface area contributed by atoms with Gasteiger partial charge in [0.2, 0.25) is 7.37 Å². The van der Waals surface area contributed by atoms with Crippen molar-refractivity contribution in [2.24, 2.45) is 5.92 Å². The highest BCUT2D eigenvalue weighted by molar-refractivity contribution is 7.58. The molecule has 1 aromatic rings. The van der Waals surface area contributed by atoms with Crippen LogP contribution in [0.1, 0.15) is 44.6 Å². The minimum Gasteiger partial charge on any atom is -0.478 e. The molecule has 0 saturated heterocycles. The Hall–Kier alpha value is -1.38. The van der Waals surface area contributed by atoms with Gasteiger partial charge in [0.05, 0.1) is 18.9 Å². The van der Waals surface area contributed by atoms with Crippen molar-refractivity contribution in [3.05, 3.63) is 47.5 Å². The van der Waals surface area contributed by atoms with Crippen LogP contribution < -0.4 is 0 Å². The van der Waals surface area contributed by atoms with Gasteiger partial charge in [0.15, 0.2) is 0 Å². The zero-order chi connectivity index (χ0) is 17.4. The van der Waals surface area contributed by atoms with Gasteiger partial charge in [0, 0.05) is 5.57 Å². The minimum atomic E-state index is -3.07. The normalized spacial score (nSPS) is 19.0. The molecule has 0 amide bonds. The largest absolute Gasteiger partial charge is 0.478 e. The quantitative estimate of drug-likeness (QED) is 0.524. The molecule has 0 aromatic heterocycles. The van der Waals surface area contributed by atoms with Gasteiger partial charge in [0.1, 0.15) is 0 Å². The van der Waals surface area contributed by atoms with E-state index < -0.39 is 13.3 Å². The summed E-state index contributed by atoms with van der Waals surface area (Å²) in [7, 11) is -3.07. The van der Waals surface area contributed by atoms with Gasteiger partial charge in [-0.2, -0.15) is 0 Å². The molecule has 24 heavy (non-hydrogen) atoms. The summed E-state index contributed by atoms with van der Waals surface area (Å²) in [5.74, 6) is -0.690. The lowest BCUT2D eigenvalue weighted by Gasteiger charge is -2.21. The van der Waals surface area contributed by atoms with Crippen LogP contribution in [-0.2, 0) is 20.0 Å². The third kappa shape index (κ3) is 5.92. The van der Waals surface area contributed by atoms with Gasteiger partial charge in [-0.1, -0.05) is 55.7 Å². The molecular weight excluding hydrogens is 323 g/mol. The van der Waals surface area contributed by atoms with Crippen LogP contribution in [0.4, 0.5) is 0 Å². The molecule has 1 atom stereocenters. The van der Waals surface area contributed by atoms with Crippen molar-refractivity contribution in [3.8, 4) is 0 Å². The van der Waals surface area contributed by atoms with Crippen LogP contribution >= 0.6 is 7.37 Å². The summed E-state index contributed by atoms with van der Waals surface area (Å²) in [4.78, 5) is 11.7. The second-order valence-corrected chi connectivity index (χ2v) is 8.95. The second kappa shape index (κ2) is 9.19. The van der Waals surface area contributed by atoms with E-state index in [1.54, 1.807) is 6.92 Å². The number of carbonyl (C=O) groups is 1. The highest BCUT2D eigenvalue weighted by Gasteiger charge is 2.28. The molecule has 5 heteroatoms. The Kier molecular flexibility index (Phi) is 7.26. The molecule has 0 heterocycles. The first-order valence-electron chi connectivity index (χ1n) is 8.73. The number of hydrogen-bond acceptors (Lipinski definition) is 3. The lowest BCUT2D eigenvalue weighted by molar-refractivity contribution is -0.132. The number of benzene rings is 1. The topological polar surface area (TPSA) is 63.6 Å². The first-order chi connectivity index (χ1) is 11.5. The Morgan fingerprint density at radius 2 is 1.92 bits per heavy atom. The molecule has 0 radical (unpaired) electrons. The van der Waals surface area contributed by atoms with E-state index in [1.807, 2.05) is 36.4 Å². The van der Waals surface area contributed by atoms with E-state index in [1.165, 1.54) is 6.42 Å². The molecule has 1 unspecified atom stereocenters. The minimum absolute atomic E-state index is 0.00156. The fraction of sp³-hybridized carbons (Fsp3) is 0.526. The van der Waals surface area contributed by atoms with Crippen molar-refractivity contribution in [1.29, 1.82) is 0 Å². The zero-order valence-corrected chi connectivity index (χ0v) is 15.2. The highest BCUT2D eigenvalue weighted by Crippen LogP contribution is 2.51. The van der Waals surface area contributed by atoms with Gasteiger partial charge in [-0.15, -0.1) is 0 Å². The first-order valence-corrected chi connectivity index (χ1v) is 10.7. The van der Waals surface area contributed by atoms with E-state index in [-0.39, 0.29) is 23.8 Å². The van der Waals surface area contributed by atoms with Crippen molar-refractivity contribution >= 4 is 13.3 Å². The van der Waals surface area contributed by atoms with Crippen molar-refractivity contribution in [3.63, 3.8) is 0 Å². The van der Waals surface area contributed by atoms with E-state index >= 15 is 0 Å². The highest BCUT2D eigenvalue weighted by atomic mass is 31.2. The summed E-state index contributed by atoms with van der Waals surface area (Å²) in [6, 6.07) is 9.48. The van der Waals surface area contributed by atoms with Gasteiger partial charge in [-0.05, 0) is 31.2 Å². The molecule has 1 aromatic carbocycles. The maximum absolute atomic E-state index is 13.2. The van der Waals surface area contributed by atoms with E-state index in [0.717, 1.165) is 31.2 Å². The summed E-state index contributed by atoms with van der Waals surface area (Å²) < 4.78 is 18.8. The molecule has 0 spiro atoms. The summed E-state index contributed by atoms with van der Waals surface area (Å²) in [6.07, 6.45) is 7.65. The van der Waals surface area contributed by atoms with E-state index in [4.69, 9.17) is 4.52 Å². The molecule has 132 valence electrons. The van der Waals surface area contributed by atoms with Crippen LogP contribution in [0.5, 0.6) is 0 Å². The fourth-order valence-electron chi connectivity index (χ4n) is 3.28. The summed E-state index contributed by atoms with van der Waals surface area (Å²) in [5.41, 5.74) is 1.16. The predicted molar refractivity (Wildman–Crippen MR) is 96.5 cm³/mol. The smallest absolute Gasteiger partial charge is 0.331 e. The number of aliphatic carboxylic acids is 1. The Bertz CT molecular complexity index is 603. The second-order valence-electron chi connectivity index (χ2n) is 6.43. The lowest BCUT2D eigenvalue weighted by atomic mass is 9.88. The molecule has 1 N–H and O–H groups in total. The Morgan fingerprint density at radius 3 is 2.50 bits per heavy atom. The Labute approximate surface area is 144 Å². The number of hydrogen-bond donors (Lipinski definition) is 1. The molecule has 0 bridgehead atoms. The molecule has 0 aliphatic heterocycles. The third-order valence-corrected chi connectivity index (χ3v) is 6.80. The maximum Gasteiger partial charge on any atom is 0.331 e. The maximum atomic E-state index is 13.2. The van der Waals surface area contributed by atoms with Crippen molar-refractivity contribution in [2.45, 2.75) is 45.2 Å². The SMILES string of the molecule is CCOP(=O)(C/C(=C/C1CCCCC1)C(=O)O)Cc1ccccc1. The summed E-state index contributed by atoms with van der Waals surface area (Å²) >= 11 is 0. The van der Waals surface area contributed by atoms with Gasteiger partial charge < -0.3 is 9.63 Å². The van der Waals surface area contributed by atoms with Gasteiger partial charge in [-0.3, -0.25) is 4.57 Å². The van der Waals surface area contributed by atoms with E-state index in [9.17, 15) is 14.5 Å². The zero-order valence-electron chi connectivity index (χ0n) is 14.3. The van der Waals surface area contributed by atoms with E-state index in [2.05, 4.69) is 0 Å². The van der Waals surface area contributed by atoms with Crippen LogP contribution in [-0.4, -0.2) is 23.8 Å². The Morgan fingerprint density at radius 1 is 1.25 bits per heavy atom.